The third-order valence-electron chi connectivity index (χ3n) is 5.31. The van der Waals surface area contributed by atoms with Crippen LogP contribution in [0, 0.1) is 0 Å². The van der Waals surface area contributed by atoms with E-state index in [4.69, 9.17) is 56.0 Å². The van der Waals surface area contributed by atoms with Gasteiger partial charge in [-0.15, -0.1) is 0 Å². The molecule has 0 spiro atoms. The summed E-state index contributed by atoms with van der Waals surface area (Å²) in [5, 5.41) is 10.1. The fourth-order valence-electron chi connectivity index (χ4n) is 3.49. The minimum Gasteiger partial charge on any atom is -0.464 e. The highest BCUT2D eigenvalue weighted by Gasteiger charge is 2.26. The Bertz CT molecular complexity index is 1380. The molecule has 0 unspecified atom stereocenters. The number of hydrogen-bond donors (Lipinski definition) is 2. The third kappa shape index (κ3) is 8.10. The van der Waals surface area contributed by atoms with E-state index in [1.807, 2.05) is 0 Å². The molecule has 12 heteroatoms. The number of rotatable bonds is 10. The molecule has 3 aromatic carbocycles. The lowest BCUT2D eigenvalue weighted by Gasteiger charge is -2.18. The molecular formula is C27H23Cl4N3O5. The van der Waals surface area contributed by atoms with Crippen LogP contribution in [0.2, 0.25) is 20.1 Å². The van der Waals surface area contributed by atoms with Crippen molar-refractivity contribution in [3.8, 4) is 0 Å². The fourth-order valence-corrected chi connectivity index (χ4v) is 4.36. The van der Waals surface area contributed by atoms with Crippen molar-refractivity contribution in [3.63, 3.8) is 0 Å². The molecule has 0 heterocycles. The molecule has 0 bridgehead atoms. The molecule has 0 aliphatic carbocycles. The Morgan fingerprint density at radius 3 is 2.15 bits per heavy atom. The van der Waals surface area contributed by atoms with E-state index in [-0.39, 0.29) is 39.4 Å². The number of benzene rings is 3. The van der Waals surface area contributed by atoms with Crippen molar-refractivity contribution in [3.05, 3.63) is 97.4 Å². The molecule has 0 saturated heterocycles. The van der Waals surface area contributed by atoms with Gasteiger partial charge in [-0.1, -0.05) is 75.8 Å². The molecule has 3 rings (SSSR count). The summed E-state index contributed by atoms with van der Waals surface area (Å²) in [6.07, 6.45) is 0.0940. The zero-order valence-electron chi connectivity index (χ0n) is 20.8. The van der Waals surface area contributed by atoms with Crippen LogP contribution in [-0.2, 0) is 25.6 Å². The van der Waals surface area contributed by atoms with Crippen LogP contribution in [0.5, 0.6) is 0 Å². The maximum atomic E-state index is 13.1. The highest BCUT2D eigenvalue weighted by atomic mass is 35.5. The Balaban J connectivity index is 1.77. The molecule has 0 aliphatic rings. The molecule has 39 heavy (non-hydrogen) atoms. The normalized spacial score (nSPS) is 11.9. The predicted molar refractivity (Wildman–Crippen MR) is 153 cm³/mol. The first kappa shape index (κ1) is 30.2. The number of halogens is 4. The Kier molecular flexibility index (Phi) is 11.0. The summed E-state index contributed by atoms with van der Waals surface area (Å²) >= 11 is 24.3. The smallest absolute Gasteiger partial charge is 0.328 e. The Hall–Kier alpha value is -3.30. The van der Waals surface area contributed by atoms with Gasteiger partial charge in [0.15, 0.2) is 5.71 Å². The number of carbonyl (C=O) groups is 3. The zero-order chi connectivity index (χ0) is 28.5. The first-order valence-electron chi connectivity index (χ1n) is 11.5. The van der Waals surface area contributed by atoms with Crippen LogP contribution in [0.3, 0.4) is 0 Å². The molecular weight excluding hydrogens is 588 g/mol. The summed E-state index contributed by atoms with van der Waals surface area (Å²) in [6.45, 7) is 1.78. The average molecular weight is 611 g/mol. The number of nitrogens with one attached hydrogen (secondary N) is 2. The number of ether oxygens (including phenoxy) is 1. The Morgan fingerprint density at radius 1 is 0.897 bits per heavy atom. The van der Waals surface area contributed by atoms with Crippen LogP contribution < -0.4 is 10.6 Å². The highest BCUT2D eigenvalue weighted by molar-refractivity contribution is 6.47. The molecule has 3 aromatic rings. The van der Waals surface area contributed by atoms with Gasteiger partial charge in [0.2, 0.25) is 0 Å². The van der Waals surface area contributed by atoms with Crippen molar-refractivity contribution < 1.29 is 24.0 Å². The molecule has 204 valence electrons. The van der Waals surface area contributed by atoms with Gasteiger partial charge in [-0.05, 0) is 48.9 Å². The molecule has 0 aliphatic heterocycles. The first-order chi connectivity index (χ1) is 18.6. The van der Waals surface area contributed by atoms with Crippen LogP contribution in [-0.4, -0.2) is 43.3 Å². The summed E-state index contributed by atoms with van der Waals surface area (Å²) in [5.41, 5.74) is 1.55. The lowest BCUT2D eigenvalue weighted by molar-refractivity contribution is -0.146. The Morgan fingerprint density at radius 2 is 1.56 bits per heavy atom. The van der Waals surface area contributed by atoms with E-state index in [0.717, 1.165) is 0 Å². The van der Waals surface area contributed by atoms with Gasteiger partial charge in [-0.25, -0.2) is 4.79 Å². The summed E-state index contributed by atoms with van der Waals surface area (Å²) in [7, 11) is 1.29. The quantitative estimate of drug-likeness (QED) is 0.162. The van der Waals surface area contributed by atoms with Crippen LogP contribution in [0.4, 0.5) is 5.69 Å². The highest BCUT2D eigenvalue weighted by Crippen LogP contribution is 2.26. The molecule has 8 nitrogen and oxygen atoms in total. The third-order valence-corrected chi connectivity index (χ3v) is 6.68. The van der Waals surface area contributed by atoms with E-state index in [1.54, 1.807) is 55.5 Å². The minimum atomic E-state index is -1.05. The van der Waals surface area contributed by atoms with Gasteiger partial charge >= 0.3 is 5.97 Å². The summed E-state index contributed by atoms with van der Waals surface area (Å²) in [4.78, 5) is 43.3. The summed E-state index contributed by atoms with van der Waals surface area (Å²) < 4.78 is 5.16. The molecule has 1 atom stereocenters. The molecule has 0 aromatic heterocycles. The van der Waals surface area contributed by atoms with Gasteiger partial charge < -0.3 is 20.2 Å². The van der Waals surface area contributed by atoms with Crippen LogP contribution in [0.25, 0.3) is 0 Å². The lowest BCUT2D eigenvalue weighted by Crippen LogP contribution is -2.46. The maximum Gasteiger partial charge on any atom is 0.328 e. The largest absolute Gasteiger partial charge is 0.464 e. The van der Waals surface area contributed by atoms with Gasteiger partial charge in [0.05, 0.1) is 32.3 Å². The minimum absolute atomic E-state index is 0.0940. The van der Waals surface area contributed by atoms with Gasteiger partial charge in [0.25, 0.3) is 11.8 Å². The van der Waals surface area contributed by atoms with Crippen molar-refractivity contribution >= 4 is 75.6 Å². The van der Waals surface area contributed by atoms with Gasteiger partial charge in [0.1, 0.15) is 13.2 Å². The van der Waals surface area contributed by atoms with Gasteiger partial charge in [0, 0.05) is 17.7 Å². The second-order valence-corrected chi connectivity index (χ2v) is 9.61. The topological polar surface area (TPSA) is 106 Å². The van der Waals surface area contributed by atoms with E-state index >= 15 is 0 Å². The number of carbonyl (C=O) groups excluding carboxylic acids is 3. The second-order valence-electron chi connectivity index (χ2n) is 7.98. The van der Waals surface area contributed by atoms with Gasteiger partial charge in [-0.3, -0.25) is 9.59 Å². The average Bonchev–Trinajstić information content (AvgIpc) is 2.89. The maximum absolute atomic E-state index is 13.1. The number of nitrogens with zero attached hydrogens (tertiary/aromatic N) is 1. The van der Waals surface area contributed by atoms with Crippen molar-refractivity contribution in [2.45, 2.75) is 19.4 Å². The number of esters is 1. The zero-order valence-corrected chi connectivity index (χ0v) is 23.8. The van der Waals surface area contributed by atoms with Gasteiger partial charge in [-0.2, -0.15) is 0 Å². The molecule has 2 N–H and O–H groups in total. The van der Waals surface area contributed by atoms with Crippen molar-refractivity contribution in [2.24, 2.45) is 5.16 Å². The number of amides is 2. The van der Waals surface area contributed by atoms with E-state index in [1.165, 1.54) is 19.2 Å². The van der Waals surface area contributed by atoms with E-state index in [9.17, 15) is 14.4 Å². The summed E-state index contributed by atoms with van der Waals surface area (Å²) in [6, 6.07) is 15.0. The van der Waals surface area contributed by atoms with Crippen molar-refractivity contribution in [1.29, 1.82) is 0 Å². The van der Waals surface area contributed by atoms with Crippen LogP contribution in [0.1, 0.15) is 28.4 Å². The second kappa shape index (κ2) is 14.2. The number of oxime groups is 1. The lowest BCUT2D eigenvalue weighted by atomic mass is 10.0. The number of hydrogen-bond acceptors (Lipinski definition) is 6. The first-order valence-corrected chi connectivity index (χ1v) is 13.0. The fraction of sp³-hybridized carbons (Fsp3) is 0.185. The molecule has 2 amide bonds. The molecule has 0 fully saturated rings. The van der Waals surface area contributed by atoms with Crippen LogP contribution >= 0.6 is 46.4 Å². The van der Waals surface area contributed by atoms with Crippen molar-refractivity contribution in [2.75, 3.05) is 19.0 Å². The Labute approximate surface area is 245 Å². The SMILES string of the molecule is CCOC(=O)[C@H](Cc1ccc(NC(=O)c2c(Cl)cccc2Cl)cc1)NC(=O)C(=NOC)c1ccc(Cl)c(Cl)c1. The van der Waals surface area contributed by atoms with E-state index < -0.39 is 23.8 Å². The monoisotopic (exact) mass is 609 g/mol. The number of anilines is 1. The van der Waals surface area contributed by atoms with E-state index in [2.05, 4.69) is 15.8 Å². The summed E-state index contributed by atoms with van der Waals surface area (Å²) in [5.74, 6) is -1.79. The van der Waals surface area contributed by atoms with Crippen molar-refractivity contribution in [1.82, 2.24) is 5.32 Å². The van der Waals surface area contributed by atoms with E-state index in [0.29, 0.717) is 21.8 Å². The predicted octanol–water partition coefficient (Wildman–Crippen LogP) is 6.19. The molecule has 0 radical (unpaired) electrons. The molecule has 0 saturated carbocycles. The standard InChI is InChI=1S/C27H23Cl4N3O5/c1-3-39-27(37)22(33-26(36)24(34-38-2)16-9-12-18(28)21(31)14-16)13-15-7-10-17(11-8-15)32-25(35)23-19(29)5-4-6-20(23)30/h4-12,14,22H,3,13H2,1-2H3,(H,32,35)(H,33,36)/t22-/m0/s1. The van der Waals surface area contributed by atoms with Crippen LogP contribution in [0.15, 0.2) is 65.8 Å².